The van der Waals surface area contributed by atoms with Gasteiger partial charge in [0.25, 0.3) is 0 Å². The number of urea groups is 1. The Morgan fingerprint density at radius 3 is 2.85 bits per heavy atom. The number of carbonyl (C=O) groups is 3. The Hall–Kier alpha value is -3.14. The summed E-state index contributed by atoms with van der Waals surface area (Å²) in [5.41, 5.74) is 6.29. The molecule has 0 radical (unpaired) electrons. The van der Waals surface area contributed by atoms with Gasteiger partial charge in [0.15, 0.2) is 5.13 Å². The number of thiazole rings is 1. The molecule has 0 bridgehead atoms. The fourth-order valence-corrected chi connectivity index (χ4v) is 3.49. The molecule has 1 fully saturated rings. The van der Waals surface area contributed by atoms with Crippen LogP contribution in [0.15, 0.2) is 29.6 Å². The van der Waals surface area contributed by atoms with Crippen LogP contribution in [0.5, 0.6) is 5.75 Å². The van der Waals surface area contributed by atoms with Crippen molar-refractivity contribution in [2.45, 2.75) is 6.42 Å². The average molecular weight is 389 g/mol. The van der Waals surface area contributed by atoms with Crippen LogP contribution in [0.1, 0.15) is 5.69 Å². The molecule has 3 rings (SSSR count). The molecule has 1 aromatic heterocycles. The van der Waals surface area contributed by atoms with Crippen LogP contribution in [0.25, 0.3) is 0 Å². The number of rotatable bonds is 7. The molecule has 0 aliphatic carbocycles. The lowest BCUT2D eigenvalue weighted by Crippen LogP contribution is -2.37. The van der Waals surface area contributed by atoms with E-state index in [4.69, 9.17) is 10.5 Å². The summed E-state index contributed by atoms with van der Waals surface area (Å²) in [7, 11) is 1.55. The molecule has 4 amide bonds. The Labute approximate surface area is 159 Å². The van der Waals surface area contributed by atoms with E-state index in [2.05, 4.69) is 10.3 Å². The minimum atomic E-state index is -0.489. The van der Waals surface area contributed by atoms with Crippen molar-refractivity contribution in [3.63, 3.8) is 0 Å². The summed E-state index contributed by atoms with van der Waals surface area (Å²) in [6.07, 6.45) is 0.0187. The van der Waals surface area contributed by atoms with E-state index in [1.807, 2.05) is 12.1 Å². The standard InChI is InChI=1S/C17H19N5O4S/c1-26-13-5-3-2-4-12(13)22-7-6-21(17(22)25)9-15(24)20-16-19-11(10-27-16)8-14(18)23/h2-5,10H,6-9H2,1H3,(H2,18,23)(H,19,20,24). The van der Waals surface area contributed by atoms with E-state index in [0.29, 0.717) is 35.4 Å². The normalized spacial score (nSPS) is 13.7. The SMILES string of the molecule is COc1ccccc1N1CCN(CC(=O)Nc2nc(CC(N)=O)cs2)C1=O. The van der Waals surface area contributed by atoms with Crippen molar-refractivity contribution in [3.05, 3.63) is 35.3 Å². The highest BCUT2D eigenvalue weighted by Crippen LogP contribution is 2.30. The quantitative estimate of drug-likeness (QED) is 0.734. The number of carbonyl (C=O) groups excluding carboxylic acids is 3. The Morgan fingerprint density at radius 2 is 2.11 bits per heavy atom. The zero-order valence-corrected chi connectivity index (χ0v) is 15.5. The smallest absolute Gasteiger partial charge is 0.325 e. The van der Waals surface area contributed by atoms with Gasteiger partial charge in [-0.25, -0.2) is 9.78 Å². The number of nitrogens with zero attached hydrogens (tertiary/aromatic N) is 3. The number of hydrogen-bond acceptors (Lipinski definition) is 6. The number of benzene rings is 1. The van der Waals surface area contributed by atoms with E-state index in [1.165, 1.54) is 16.2 Å². The molecule has 27 heavy (non-hydrogen) atoms. The van der Waals surface area contributed by atoms with Gasteiger partial charge in [-0.1, -0.05) is 12.1 Å². The van der Waals surface area contributed by atoms with Crippen molar-refractivity contribution < 1.29 is 19.1 Å². The van der Waals surface area contributed by atoms with Gasteiger partial charge in [0.2, 0.25) is 11.8 Å². The second-order valence-corrected chi connectivity index (χ2v) is 6.72. The first-order valence-electron chi connectivity index (χ1n) is 8.20. The van der Waals surface area contributed by atoms with Crippen molar-refractivity contribution >= 4 is 40.0 Å². The third-order valence-electron chi connectivity index (χ3n) is 3.96. The number of aromatic nitrogens is 1. The maximum Gasteiger partial charge on any atom is 0.325 e. The lowest BCUT2D eigenvalue weighted by molar-refractivity contribution is -0.117. The van der Waals surface area contributed by atoms with Crippen LogP contribution in [-0.2, 0) is 16.0 Å². The molecule has 142 valence electrons. The van der Waals surface area contributed by atoms with E-state index in [0.717, 1.165) is 0 Å². The number of nitrogens with one attached hydrogen (secondary N) is 1. The van der Waals surface area contributed by atoms with Gasteiger partial charge in [0, 0.05) is 18.5 Å². The first-order valence-corrected chi connectivity index (χ1v) is 9.08. The van der Waals surface area contributed by atoms with Gasteiger partial charge in [0.1, 0.15) is 12.3 Å². The predicted molar refractivity (Wildman–Crippen MR) is 101 cm³/mol. The molecule has 10 heteroatoms. The molecule has 0 spiro atoms. The fourth-order valence-electron chi connectivity index (χ4n) is 2.76. The van der Waals surface area contributed by atoms with E-state index in [9.17, 15) is 14.4 Å². The third-order valence-corrected chi connectivity index (χ3v) is 4.77. The highest BCUT2D eigenvalue weighted by Gasteiger charge is 2.32. The summed E-state index contributed by atoms with van der Waals surface area (Å²) in [5, 5.41) is 4.66. The molecular weight excluding hydrogens is 370 g/mol. The predicted octanol–water partition coefficient (Wildman–Crippen LogP) is 1.06. The summed E-state index contributed by atoms with van der Waals surface area (Å²) in [6, 6.07) is 6.98. The topological polar surface area (TPSA) is 118 Å². The largest absolute Gasteiger partial charge is 0.495 e. The molecule has 3 N–H and O–H groups in total. The van der Waals surface area contributed by atoms with Gasteiger partial charge in [-0.15, -0.1) is 11.3 Å². The van der Waals surface area contributed by atoms with Crippen LogP contribution in [-0.4, -0.2) is 54.5 Å². The minimum Gasteiger partial charge on any atom is -0.495 e. The molecule has 0 saturated carbocycles. The summed E-state index contributed by atoms with van der Waals surface area (Å²) in [4.78, 5) is 42.9. The van der Waals surface area contributed by atoms with Gasteiger partial charge < -0.3 is 20.7 Å². The number of ether oxygens (including phenoxy) is 1. The highest BCUT2D eigenvalue weighted by atomic mass is 32.1. The monoisotopic (exact) mass is 389 g/mol. The van der Waals surface area contributed by atoms with Crippen molar-refractivity contribution in [1.82, 2.24) is 9.88 Å². The number of para-hydroxylation sites is 2. The number of amides is 4. The van der Waals surface area contributed by atoms with E-state index >= 15 is 0 Å². The molecular formula is C17H19N5O4S. The Balaban J connectivity index is 1.60. The maximum absolute atomic E-state index is 12.6. The summed E-state index contributed by atoms with van der Waals surface area (Å²) >= 11 is 1.20. The van der Waals surface area contributed by atoms with Crippen LogP contribution in [0.2, 0.25) is 0 Å². The van der Waals surface area contributed by atoms with Gasteiger partial charge >= 0.3 is 6.03 Å². The number of nitrogens with two attached hydrogens (primary N) is 1. The minimum absolute atomic E-state index is 0.0187. The Bertz CT molecular complexity index is 869. The lowest BCUT2D eigenvalue weighted by atomic mass is 10.2. The molecule has 0 atom stereocenters. The van der Waals surface area contributed by atoms with Crippen molar-refractivity contribution in [1.29, 1.82) is 0 Å². The second-order valence-electron chi connectivity index (χ2n) is 5.86. The first kappa shape index (κ1) is 18.6. The Morgan fingerprint density at radius 1 is 1.33 bits per heavy atom. The molecule has 1 aliphatic heterocycles. The average Bonchev–Trinajstić information content (AvgIpc) is 3.21. The summed E-state index contributed by atoms with van der Waals surface area (Å²) in [6.45, 7) is 0.802. The van der Waals surface area contributed by atoms with Crippen LogP contribution in [0, 0.1) is 0 Å². The van der Waals surface area contributed by atoms with E-state index in [1.54, 1.807) is 29.5 Å². The molecule has 2 heterocycles. The van der Waals surface area contributed by atoms with Crippen LogP contribution >= 0.6 is 11.3 Å². The zero-order chi connectivity index (χ0) is 19.4. The number of methoxy groups -OCH3 is 1. The fraction of sp³-hybridized carbons (Fsp3) is 0.294. The van der Waals surface area contributed by atoms with Crippen LogP contribution in [0.4, 0.5) is 15.6 Å². The molecule has 9 nitrogen and oxygen atoms in total. The summed E-state index contributed by atoms with van der Waals surface area (Å²) in [5.74, 6) is -0.246. The molecule has 1 saturated heterocycles. The van der Waals surface area contributed by atoms with Crippen molar-refractivity contribution in [2.24, 2.45) is 5.73 Å². The third kappa shape index (κ3) is 4.34. The molecule has 0 unspecified atom stereocenters. The molecule has 1 aromatic carbocycles. The highest BCUT2D eigenvalue weighted by molar-refractivity contribution is 7.13. The van der Waals surface area contributed by atoms with Gasteiger partial charge in [-0.3, -0.25) is 14.5 Å². The van der Waals surface area contributed by atoms with Crippen LogP contribution in [0.3, 0.4) is 0 Å². The van der Waals surface area contributed by atoms with Crippen molar-refractivity contribution in [2.75, 3.05) is 37.0 Å². The van der Waals surface area contributed by atoms with Gasteiger partial charge in [-0.2, -0.15) is 0 Å². The first-order chi connectivity index (χ1) is 13.0. The molecule has 2 aromatic rings. The second kappa shape index (κ2) is 8.04. The van der Waals surface area contributed by atoms with Gasteiger partial charge in [-0.05, 0) is 12.1 Å². The van der Waals surface area contributed by atoms with E-state index in [-0.39, 0.29) is 24.9 Å². The zero-order valence-electron chi connectivity index (χ0n) is 14.7. The summed E-state index contributed by atoms with van der Waals surface area (Å²) < 4.78 is 5.30. The Kier molecular flexibility index (Phi) is 5.55. The van der Waals surface area contributed by atoms with Gasteiger partial charge in [0.05, 0.1) is 24.9 Å². The molecule has 1 aliphatic rings. The number of anilines is 2. The van der Waals surface area contributed by atoms with Crippen molar-refractivity contribution in [3.8, 4) is 5.75 Å². The number of hydrogen-bond donors (Lipinski definition) is 2. The van der Waals surface area contributed by atoms with E-state index < -0.39 is 5.91 Å². The number of primary amides is 1. The van der Waals surface area contributed by atoms with Crippen LogP contribution < -0.4 is 20.7 Å². The lowest BCUT2D eigenvalue weighted by Gasteiger charge is -2.20. The maximum atomic E-state index is 12.6.